The molecule has 0 spiro atoms. The Morgan fingerprint density at radius 3 is 2.61 bits per heavy atom. The van der Waals surface area contributed by atoms with E-state index in [1.807, 2.05) is 0 Å². The van der Waals surface area contributed by atoms with Crippen molar-refractivity contribution in [2.24, 2.45) is 11.7 Å². The first kappa shape index (κ1) is 13.0. The SMILES string of the molecule is CN(C(=O)C1CCCC(N)C1)c1ccc(F)cc1. The Bertz CT molecular complexity index is 418. The minimum Gasteiger partial charge on any atom is -0.328 e. The summed E-state index contributed by atoms with van der Waals surface area (Å²) in [5, 5.41) is 0. The molecule has 0 bridgehead atoms. The van der Waals surface area contributed by atoms with Crippen LogP contribution >= 0.6 is 0 Å². The lowest BCUT2D eigenvalue weighted by molar-refractivity contribution is -0.123. The van der Waals surface area contributed by atoms with Crippen molar-refractivity contribution in [2.75, 3.05) is 11.9 Å². The van der Waals surface area contributed by atoms with E-state index in [9.17, 15) is 9.18 Å². The van der Waals surface area contributed by atoms with Crippen LogP contribution in [0.15, 0.2) is 24.3 Å². The number of anilines is 1. The molecule has 2 N–H and O–H groups in total. The predicted octanol–water partition coefficient (Wildman–Crippen LogP) is 2.31. The third-order valence-corrected chi connectivity index (χ3v) is 3.61. The molecule has 1 saturated carbocycles. The zero-order valence-corrected chi connectivity index (χ0v) is 10.6. The summed E-state index contributed by atoms with van der Waals surface area (Å²) in [6.45, 7) is 0. The van der Waals surface area contributed by atoms with Crippen LogP contribution in [0.1, 0.15) is 25.7 Å². The minimum absolute atomic E-state index is 0.00352. The van der Waals surface area contributed by atoms with Gasteiger partial charge in [-0.1, -0.05) is 6.42 Å². The Balaban J connectivity index is 2.06. The topological polar surface area (TPSA) is 46.3 Å². The first-order valence-electron chi connectivity index (χ1n) is 6.36. The summed E-state index contributed by atoms with van der Waals surface area (Å²) >= 11 is 0. The molecule has 4 heteroatoms. The van der Waals surface area contributed by atoms with Gasteiger partial charge in [-0.2, -0.15) is 0 Å². The number of hydrogen-bond acceptors (Lipinski definition) is 2. The number of carbonyl (C=O) groups excluding carboxylic acids is 1. The van der Waals surface area contributed by atoms with Crippen molar-refractivity contribution in [1.82, 2.24) is 0 Å². The lowest BCUT2D eigenvalue weighted by Gasteiger charge is -2.29. The molecule has 0 saturated heterocycles. The van der Waals surface area contributed by atoms with E-state index in [1.165, 1.54) is 12.1 Å². The Morgan fingerprint density at radius 2 is 2.00 bits per heavy atom. The summed E-state index contributed by atoms with van der Waals surface area (Å²) in [6, 6.07) is 6.11. The summed E-state index contributed by atoms with van der Waals surface area (Å²) in [4.78, 5) is 13.9. The van der Waals surface area contributed by atoms with Crippen LogP contribution in [-0.4, -0.2) is 19.0 Å². The molecule has 0 aliphatic heterocycles. The van der Waals surface area contributed by atoms with Crippen molar-refractivity contribution in [3.05, 3.63) is 30.1 Å². The van der Waals surface area contributed by atoms with Gasteiger partial charge in [0, 0.05) is 24.7 Å². The first-order chi connectivity index (χ1) is 8.58. The molecule has 0 radical (unpaired) electrons. The second kappa shape index (κ2) is 5.48. The van der Waals surface area contributed by atoms with Gasteiger partial charge >= 0.3 is 0 Å². The van der Waals surface area contributed by atoms with Gasteiger partial charge in [-0.05, 0) is 43.5 Å². The molecule has 1 aromatic rings. The quantitative estimate of drug-likeness (QED) is 0.875. The zero-order valence-electron chi connectivity index (χ0n) is 10.6. The summed E-state index contributed by atoms with van der Waals surface area (Å²) < 4.78 is 12.8. The fourth-order valence-electron chi connectivity index (χ4n) is 2.52. The number of carbonyl (C=O) groups is 1. The Labute approximate surface area is 107 Å². The molecule has 2 rings (SSSR count). The van der Waals surface area contributed by atoms with E-state index in [-0.39, 0.29) is 23.7 Å². The fraction of sp³-hybridized carbons (Fsp3) is 0.500. The molecule has 0 aromatic heterocycles. The number of rotatable bonds is 2. The highest BCUT2D eigenvalue weighted by molar-refractivity contribution is 5.94. The lowest BCUT2D eigenvalue weighted by Crippen LogP contribution is -2.38. The van der Waals surface area contributed by atoms with Crippen LogP contribution in [0.25, 0.3) is 0 Å². The van der Waals surface area contributed by atoms with Crippen molar-refractivity contribution in [2.45, 2.75) is 31.7 Å². The van der Waals surface area contributed by atoms with Crippen LogP contribution in [-0.2, 0) is 4.79 Å². The summed E-state index contributed by atoms with van der Waals surface area (Å²) in [5.74, 6) is -0.208. The number of halogens is 1. The normalized spacial score (nSPS) is 23.7. The van der Waals surface area contributed by atoms with Gasteiger partial charge < -0.3 is 10.6 Å². The maximum atomic E-state index is 12.8. The molecule has 2 atom stereocenters. The van der Waals surface area contributed by atoms with E-state index in [4.69, 9.17) is 5.73 Å². The van der Waals surface area contributed by atoms with Gasteiger partial charge in [-0.3, -0.25) is 4.79 Å². The molecule has 18 heavy (non-hydrogen) atoms. The van der Waals surface area contributed by atoms with E-state index in [2.05, 4.69) is 0 Å². The molecule has 1 aliphatic carbocycles. The second-order valence-corrected chi connectivity index (χ2v) is 5.00. The summed E-state index contributed by atoms with van der Waals surface area (Å²) in [7, 11) is 1.73. The molecule has 3 nitrogen and oxygen atoms in total. The number of hydrogen-bond donors (Lipinski definition) is 1. The summed E-state index contributed by atoms with van der Waals surface area (Å²) in [5.41, 5.74) is 6.62. The number of nitrogens with two attached hydrogens (primary N) is 1. The molecule has 1 fully saturated rings. The van der Waals surface area contributed by atoms with Gasteiger partial charge in [-0.15, -0.1) is 0 Å². The third kappa shape index (κ3) is 2.88. The number of amides is 1. The fourth-order valence-corrected chi connectivity index (χ4v) is 2.52. The monoisotopic (exact) mass is 250 g/mol. The van der Waals surface area contributed by atoms with Gasteiger partial charge in [-0.25, -0.2) is 4.39 Å². The van der Waals surface area contributed by atoms with Crippen LogP contribution in [0.2, 0.25) is 0 Å². The Kier molecular flexibility index (Phi) is 3.97. The van der Waals surface area contributed by atoms with Crippen molar-refractivity contribution in [1.29, 1.82) is 0 Å². The standard InChI is InChI=1S/C14H19FN2O/c1-17(13-7-5-11(15)6-8-13)14(18)10-3-2-4-12(16)9-10/h5-8,10,12H,2-4,9,16H2,1H3. The number of benzene rings is 1. The largest absolute Gasteiger partial charge is 0.328 e. The van der Waals surface area contributed by atoms with E-state index in [0.717, 1.165) is 31.4 Å². The molecule has 1 aromatic carbocycles. The highest BCUT2D eigenvalue weighted by Crippen LogP contribution is 2.26. The van der Waals surface area contributed by atoms with Gasteiger partial charge in [0.25, 0.3) is 0 Å². The molecule has 0 heterocycles. The molecule has 1 amide bonds. The van der Waals surface area contributed by atoms with E-state index in [0.29, 0.717) is 0 Å². The molecular weight excluding hydrogens is 231 g/mol. The van der Waals surface area contributed by atoms with Crippen LogP contribution in [0, 0.1) is 11.7 Å². The van der Waals surface area contributed by atoms with Crippen LogP contribution in [0.4, 0.5) is 10.1 Å². The molecule has 1 aliphatic rings. The second-order valence-electron chi connectivity index (χ2n) is 5.00. The van der Waals surface area contributed by atoms with Crippen LogP contribution < -0.4 is 10.6 Å². The van der Waals surface area contributed by atoms with E-state index < -0.39 is 0 Å². The van der Waals surface area contributed by atoms with Gasteiger partial charge in [0.05, 0.1) is 0 Å². The van der Waals surface area contributed by atoms with Gasteiger partial charge in [0.2, 0.25) is 5.91 Å². The number of nitrogens with zero attached hydrogens (tertiary/aromatic N) is 1. The zero-order chi connectivity index (χ0) is 13.1. The maximum absolute atomic E-state index is 12.8. The smallest absolute Gasteiger partial charge is 0.229 e. The summed E-state index contributed by atoms with van der Waals surface area (Å²) in [6.07, 6.45) is 3.67. The average molecular weight is 250 g/mol. The van der Waals surface area contributed by atoms with Crippen LogP contribution in [0.3, 0.4) is 0 Å². The van der Waals surface area contributed by atoms with Crippen molar-refractivity contribution < 1.29 is 9.18 Å². The molecule has 2 unspecified atom stereocenters. The lowest BCUT2D eigenvalue weighted by atomic mass is 9.85. The first-order valence-corrected chi connectivity index (χ1v) is 6.36. The average Bonchev–Trinajstić information content (AvgIpc) is 2.38. The van der Waals surface area contributed by atoms with Crippen molar-refractivity contribution in [3.63, 3.8) is 0 Å². The molecule has 98 valence electrons. The Morgan fingerprint density at radius 1 is 1.33 bits per heavy atom. The third-order valence-electron chi connectivity index (χ3n) is 3.61. The highest BCUT2D eigenvalue weighted by Gasteiger charge is 2.27. The van der Waals surface area contributed by atoms with Crippen molar-refractivity contribution >= 4 is 11.6 Å². The van der Waals surface area contributed by atoms with Crippen LogP contribution in [0.5, 0.6) is 0 Å². The maximum Gasteiger partial charge on any atom is 0.229 e. The van der Waals surface area contributed by atoms with Gasteiger partial charge in [0.1, 0.15) is 5.82 Å². The van der Waals surface area contributed by atoms with E-state index in [1.54, 1.807) is 24.1 Å². The molecular formula is C14H19FN2O. The highest BCUT2D eigenvalue weighted by atomic mass is 19.1. The minimum atomic E-state index is -0.292. The Hall–Kier alpha value is -1.42. The predicted molar refractivity (Wildman–Crippen MR) is 69.7 cm³/mol. The van der Waals surface area contributed by atoms with Crippen molar-refractivity contribution in [3.8, 4) is 0 Å². The van der Waals surface area contributed by atoms with E-state index >= 15 is 0 Å². The van der Waals surface area contributed by atoms with Gasteiger partial charge in [0.15, 0.2) is 0 Å².